The summed E-state index contributed by atoms with van der Waals surface area (Å²) >= 11 is 0. The number of carbonyl (C=O) groups is 1. The molecule has 188 valence electrons. The fraction of sp³-hybridized carbons (Fsp3) is 0.414. The summed E-state index contributed by atoms with van der Waals surface area (Å²) in [6.45, 7) is 12.0. The Bertz CT molecular complexity index is 1230. The monoisotopic (exact) mass is 484 g/mol. The van der Waals surface area contributed by atoms with Gasteiger partial charge in [0.15, 0.2) is 0 Å². The fourth-order valence-electron chi connectivity index (χ4n) is 5.05. The summed E-state index contributed by atoms with van der Waals surface area (Å²) < 4.78 is 0. The molecule has 7 heteroatoms. The highest BCUT2D eigenvalue weighted by molar-refractivity contribution is 5.94. The zero-order chi connectivity index (χ0) is 25.2. The van der Waals surface area contributed by atoms with Gasteiger partial charge in [-0.3, -0.25) is 4.79 Å². The topological polar surface area (TPSA) is 55.8 Å². The fourth-order valence-corrected chi connectivity index (χ4v) is 5.05. The number of benzene rings is 2. The molecular weight excluding hydrogens is 448 g/mol. The van der Waals surface area contributed by atoms with Gasteiger partial charge in [0, 0.05) is 69.6 Å². The lowest BCUT2D eigenvalue weighted by Crippen LogP contribution is -2.47. The molecule has 1 fully saturated rings. The van der Waals surface area contributed by atoms with Crippen molar-refractivity contribution in [1.29, 1.82) is 0 Å². The van der Waals surface area contributed by atoms with Crippen LogP contribution in [0.1, 0.15) is 39.7 Å². The molecule has 0 aliphatic carbocycles. The molecule has 36 heavy (non-hydrogen) atoms. The SMILES string of the molecule is CCN(C)c1nc(N2CCN(c3ccc(C)cc3)CC2)nc2c1CN(C(=O)c1cccc(C)c1)CC2. The van der Waals surface area contributed by atoms with Gasteiger partial charge in [0.1, 0.15) is 5.82 Å². The van der Waals surface area contributed by atoms with Crippen LogP contribution >= 0.6 is 0 Å². The summed E-state index contributed by atoms with van der Waals surface area (Å²) in [5.41, 5.74) is 6.55. The second kappa shape index (κ2) is 10.2. The smallest absolute Gasteiger partial charge is 0.254 e. The van der Waals surface area contributed by atoms with Crippen LogP contribution in [0.15, 0.2) is 48.5 Å². The third kappa shape index (κ3) is 4.87. The molecule has 0 unspecified atom stereocenters. The first-order valence-corrected chi connectivity index (χ1v) is 13.0. The van der Waals surface area contributed by atoms with Crippen LogP contribution in [0.2, 0.25) is 0 Å². The van der Waals surface area contributed by atoms with Gasteiger partial charge in [-0.05, 0) is 45.0 Å². The zero-order valence-corrected chi connectivity index (χ0v) is 21.9. The first-order chi connectivity index (χ1) is 17.4. The summed E-state index contributed by atoms with van der Waals surface area (Å²) in [5.74, 6) is 1.83. The van der Waals surface area contributed by atoms with Crippen molar-refractivity contribution >= 4 is 23.4 Å². The van der Waals surface area contributed by atoms with Gasteiger partial charge in [-0.1, -0.05) is 35.4 Å². The lowest BCUT2D eigenvalue weighted by molar-refractivity contribution is 0.0733. The van der Waals surface area contributed by atoms with Crippen LogP contribution in [0.4, 0.5) is 17.5 Å². The average Bonchev–Trinajstić information content (AvgIpc) is 2.92. The first kappa shape index (κ1) is 24.1. The van der Waals surface area contributed by atoms with Crippen LogP contribution < -0.4 is 14.7 Å². The van der Waals surface area contributed by atoms with Crippen molar-refractivity contribution in [1.82, 2.24) is 14.9 Å². The van der Waals surface area contributed by atoms with Gasteiger partial charge in [0.05, 0.1) is 12.2 Å². The number of aromatic nitrogens is 2. The van der Waals surface area contributed by atoms with E-state index in [0.29, 0.717) is 13.1 Å². The van der Waals surface area contributed by atoms with E-state index in [1.807, 2.05) is 36.1 Å². The number of aryl methyl sites for hydroxylation is 2. The van der Waals surface area contributed by atoms with E-state index >= 15 is 0 Å². The summed E-state index contributed by atoms with van der Waals surface area (Å²) in [6.07, 6.45) is 0.746. The molecule has 3 heterocycles. The van der Waals surface area contributed by atoms with Crippen LogP contribution in [0.25, 0.3) is 0 Å². The van der Waals surface area contributed by atoms with Crippen molar-refractivity contribution in [3.05, 3.63) is 76.5 Å². The molecule has 0 saturated carbocycles. The molecule has 2 aromatic carbocycles. The molecule has 1 aromatic heterocycles. The second-order valence-electron chi connectivity index (χ2n) is 9.94. The third-order valence-electron chi connectivity index (χ3n) is 7.38. The Hall–Kier alpha value is -3.61. The van der Waals surface area contributed by atoms with Crippen molar-refractivity contribution in [3.8, 4) is 0 Å². The number of fused-ring (bicyclic) bond motifs is 1. The molecule has 5 rings (SSSR count). The highest BCUT2D eigenvalue weighted by atomic mass is 16.2. The number of hydrogen-bond donors (Lipinski definition) is 0. The van der Waals surface area contributed by atoms with Gasteiger partial charge in [-0.2, -0.15) is 4.98 Å². The summed E-state index contributed by atoms with van der Waals surface area (Å²) in [4.78, 5) is 32.2. The largest absolute Gasteiger partial charge is 0.368 e. The molecule has 7 nitrogen and oxygen atoms in total. The van der Waals surface area contributed by atoms with Crippen molar-refractivity contribution in [3.63, 3.8) is 0 Å². The molecule has 1 saturated heterocycles. The van der Waals surface area contributed by atoms with E-state index < -0.39 is 0 Å². The van der Waals surface area contributed by atoms with Gasteiger partial charge in [0.25, 0.3) is 5.91 Å². The molecule has 3 aromatic rings. The standard InChI is InChI=1S/C29H36N6O/c1-5-32(4)27-25-20-35(28(36)23-8-6-7-22(3)19-23)14-13-26(25)30-29(31-27)34-17-15-33(16-18-34)24-11-9-21(2)10-12-24/h6-12,19H,5,13-18,20H2,1-4H3. The van der Waals surface area contributed by atoms with E-state index in [2.05, 4.69) is 59.9 Å². The van der Waals surface area contributed by atoms with Crippen LogP contribution in [0, 0.1) is 13.8 Å². The minimum absolute atomic E-state index is 0.0748. The van der Waals surface area contributed by atoms with E-state index in [1.165, 1.54) is 11.3 Å². The Morgan fingerprint density at radius 1 is 0.917 bits per heavy atom. The Balaban J connectivity index is 1.36. The number of anilines is 3. The maximum Gasteiger partial charge on any atom is 0.254 e. The minimum atomic E-state index is 0.0748. The Labute approximate surface area is 214 Å². The summed E-state index contributed by atoms with van der Waals surface area (Å²) in [6, 6.07) is 16.6. The minimum Gasteiger partial charge on any atom is -0.368 e. The maximum absolute atomic E-state index is 13.3. The lowest BCUT2D eigenvalue weighted by Gasteiger charge is -2.37. The van der Waals surface area contributed by atoms with E-state index in [9.17, 15) is 4.79 Å². The lowest BCUT2D eigenvalue weighted by atomic mass is 10.0. The van der Waals surface area contributed by atoms with E-state index in [-0.39, 0.29) is 5.91 Å². The van der Waals surface area contributed by atoms with E-state index in [0.717, 1.165) is 73.3 Å². The molecular formula is C29H36N6O. The number of amides is 1. The quantitative estimate of drug-likeness (QED) is 0.544. The number of rotatable bonds is 5. The van der Waals surface area contributed by atoms with Gasteiger partial charge >= 0.3 is 0 Å². The summed E-state index contributed by atoms with van der Waals surface area (Å²) in [7, 11) is 2.07. The van der Waals surface area contributed by atoms with Crippen LogP contribution in [-0.2, 0) is 13.0 Å². The predicted molar refractivity (Wildman–Crippen MR) is 146 cm³/mol. The van der Waals surface area contributed by atoms with E-state index in [1.54, 1.807) is 0 Å². The number of carbonyl (C=O) groups excluding carboxylic acids is 1. The second-order valence-corrected chi connectivity index (χ2v) is 9.94. The van der Waals surface area contributed by atoms with Crippen molar-refractivity contribution in [2.75, 3.05) is 61.0 Å². The molecule has 0 atom stereocenters. The zero-order valence-electron chi connectivity index (χ0n) is 21.9. The van der Waals surface area contributed by atoms with Crippen LogP contribution in [0.5, 0.6) is 0 Å². The molecule has 2 aliphatic heterocycles. The first-order valence-electron chi connectivity index (χ1n) is 13.0. The number of nitrogens with zero attached hydrogens (tertiary/aromatic N) is 6. The Kier molecular flexibility index (Phi) is 6.81. The van der Waals surface area contributed by atoms with Gasteiger partial charge in [0.2, 0.25) is 5.95 Å². The molecule has 0 bridgehead atoms. The highest BCUT2D eigenvalue weighted by Gasteiger charge is 2.29. The molecule has 1 amide bonds. The Morgan fingerprint density at radius 2 is 1.64 bits per heavy atom. The number of piperazine rings is 1. The highest BCUT2D eigenvalue weighted by Crippen LogP contribution is 2.30. The normalized spacial score (nSPS) is 15.6. The van der Waals surface area contributed by atoms with Crippen LogP contribution in [-0.4, -0.2) is 67.1 Å². The Morgan fingerprint density at radius 3 is 2.33 bits per heavy atom. The van der Waals surface area contributed by atoms with Crippen molar-refractivity contribution in [2.45, 2.75) is 33.7 Å². The maximum atomic E-state index is 13.3. The van der Waals surface area contributed by atoms with Crippen molar-refractivity contribution < 1.29 is 4.79 Å². The molecule has 0 N–H and O–H groups in total. The van der Waals surface area contributed by atoms with Crippen LogP contribution in [0.3, 0.4) is 0 Å². The van der Waals surface area contributed by atoms with Gasteiger partial charge in [-0.25, -0.2) is 4.98 Å². The molecule has 0 radical (unpaired) electrons. The average molecular weight is 485 g/mol. The van der Waals surface area contributed by atoms with E-state index in [4.69, 9.17) is 9.97 Å². The summed E-state index contributed by atoms with van der Waals surface area (Å²) in [5, 5.41) is 0. The predicted octanol–water partition coefficient (Wildman–Crippen LogP) is 4.07. The van der Waals surface area contributed by atoms with Gasteiger partial charge in [-0.15, -0.1) is 0 Å². The molecule has 2 aliphatic rings. The third-order valence-corrected chi connectivity index (χ3v) is 7.38. The van der Waals surface area contributed by atoms with Gasteiger partial charge < -0.3 is 19.6 Å². The number of hydrogen-bond acceptors (Lipinski definition) is 6. The molecule has 0 spiro atoms. The van der Waals surface area contributed by atoms with Crippen molar-refractivity contribution in [2.24, 2.45) is 0 Å².